The summed E-state index contributed by atoms with van der Waals surface area (Å²) in [6.45, 7) is 0.264. The minimum Gasteiger partial charge on any atom is -0.386 e. The Morgan fingerprint density at radius 1 is 0.913 bits per heavy atom. The van der Waals surface area contributed by atoms with Gasteiger partial charge in [0.1, 0.15) is 38.7 Å². The van der Waals surface area contributed by atoms with Gasteiger partial charge in [0.05, 0.1) is 6.61 Å². The van der Waals surface area contributed by atoms with E-state index in [2.05, 4.69) is 81.3 Å². The number of unbranched alkanes of at least 4 members (excludes halogenated alkanes) is 3. The highest BCUT2D eigenvalue weighted by Gasteiger charge is 2.50. The Morgan fingerprint density at radius 3 is 2.38 bits per heavy atom. The number of aromatic nitrogens is 4. The van der Waals surface area contributed by atoms with E-state index in [0.29, 0.717) is 44.5 Å². The number of rotatable bonds is 21. The van der Waals surface area contributed by atoms with E-state index in [1.54, 1.807) is 11.3 Å². The summed E-state index contributed by atoms with van der Waals surface area (Å²) in [5.74, 6) is -0.233. The highest BCUT2D eigenvalue weighted by molar-refractivity contribution is 7.46. The molecule has 25 heteroatoms. The van der Waals surface area contributed by atoms with E-state index in [1.807, 2.05) is 52.5 Å². The molecular formula is C44H57N10O12P2S+. The molecule has 2 aliphatic heterocycles. The number of aliphatic hydroxyl groups is 1. The summed E-state index contributed by atoms with van der Waals surface area (Å²) in [5.41, 5.74) is 10.8. The Balaban J connectivity index is 0.885. The summed E-state index contributed by atoms with van der Waals surface area (Å²) in [6, 6.07) is 20.4. The van der Waals surface area contributed by atoms with Gasteiger partial charge in [0.15, 0.2) is 23.2 Å². The smallest absolute Gasteiger partial charge is 0.386 e. The van der Waals surface area contributed by atoms with Gasteiger partial charge in [0.2, 0.25) is 17.2 Å². The van der Waals surface area contributed by atoms with Crippen LogP contribution in [0, 0.1) is 0 Å². The maximum absolute atomic E-state index is 13.8. The second kappa shape index (κ2) is 22.1. The van der Waals surface area contributed by atoms with Gasteiger partial charge in [0.25, 0.3) is 5.91 Å². The average Bonchev–Trinajstić information content (AvgIpc) is 3.81. The summed E-state index contributed by atoms with van der Waals surface area (Å²) >= 11 is 1.72. The standard InChI is InChI=1S/C44H56N10O12P2S/c1-52(2)26-15-17-30-33(22-26)69-34-23-27(53(3)4)16-18-31(34)36(30)28-12-7-8-13-29(28)42(57)47-21-11-14-35(55)46-19-9-5-6-10-20-48-44-51-37-40(45)49-25-50-41(37)54(44)43-38(56)39(66-68(61,62)63)32(65-43)24-64-67(58,59)60/h7-8,12-13,15-18,22-23,25,32,38-39,43,45,47,56H,5-6,9-11,14,19-21,24H2,1-4H3,(H6,46,55,57,58,59,60,61,62,63)/p+1/t32-,38-,39-,43-/m1/s1. The molecule has 7 rings (SSSR count). The van der Waals surface area contributed by atoms with Gasteiger partial charge in [0, 0.05) is 84.1 Å². The average molecular weight is 1010 g/mol. The van der Waals surface area contributed by atoms with Gasteiger partial charge >= 0.3 is 15.6 Å². The molecule has 0 saturated carbocycles. The SMILES string of the molecule is CN(C)c1ccc2c(-c3ccccc3C(=O)NCCCC(=O)NCCCCCCNc3nc4c(N)ncnc4n3[C@@H]3O[C@H](COP(=O)(O)O)[C@@H](OP(=O)(O)O)[C@H]3O)c3ccc(=[N+](C)C)cc-3sc2c1. The predicted molar refractivity (Wildman–Crippen MR) is 261 cm³/mol. The van der Waals surface area contributed by atoms with Crippen molar-refractivity contribution in [2.24, 2.45) is 0 Å². The molecule has 69 heavy (non-hydrogen) atoms. The zero-order chi connectivity index (χ0) is 49.6. The molecule has 4 heterocycles. The fourth-order valence-electron chi connectivity index (χ4n) is 8.10. The molecule has 1 fully saturated rings. The number of imidazole rings is 1. The van der Waals surface area contributed by atoms with E-state index in [-0.39, 0.29) is 41.2 Å². The molecule has 2 aromatic heterocycles. The van der Waals surface area contributed by atoms with Crippen LogP contribution in [0.3, 0.4) is 0 Å². The van der Waals surface area contributed by atoms with Gasteiger partial charge in [-0.05, 0) is 54.7 Å². The number of nitrogens with one attached hydrogen (secondary N) is 3. The molecule has 1 saturated heterocycles. The fourth-order valence-corrected chi connectivity index (χ4v) is 10.2. The number of carbonyl (C=O) groups is 2. The van der Waals surface area contributed by atoms with Crippen LogP contribution in [0.15, 0.2) is 67.0 Å². The Hall–Kier alpha value is -5.42. The number of hydrogen-bond acceptors (Lipinski definition) is 15. The molecule has 370 valence electrons. The zero-order valence-corrected chi connectivity index (χ0v) is 41.0. The first-order valence-electron chi connectivity index (χ1n) is 22.1. The Morgan fingerprint density at radius 2 is 1.65 bits per heavy atom. The van der Waals surface area contributed by atoms with Crippen molar-refractivity contribution in [3.05, 3.63) is 77.9 Å². The quantitative estimate of drug-likeness (QED) is 0.0215. The number of nitrogens with zero attached hydrogens (tertiary/aromatic N) is 6. The number of phosphoric acid groups is 2. The minimum absolute atomic E-state index is 0.00337. The first-order valence-corrected chi connectivity index (χ1v) is 26.0. The number of nitrogen functional groups attached to an aromatic ring is 1. The van der Waals surface area contributed by atoms with Crippen molar-refractivity contribution in [3.63, 3.8) is 0 Å². The van der Waals surface area contributed by atoms with Crippen LogP contribution in [0.4, 0.5) is 17.5 Å². The van der Waals surface area contributed by atoms with Gasteiger partial charge in [-0.25, -0.2) is 28.7 Å². The number of benzene rings is 3. The van der Waals surface area contributed by atoms with E-state index in [4.69, 9.17) is 15.0 Å². The molecule has 4 aromatic rings. The number of aliphatic hydroxyl groups excluding tert-OH is 1. The highest BCUT2D eigenvalue weighted by atomic mass is 32.1. The number of hydrogen-bond donors (Lipinski definition) is 9. The van der Waals surface area contributed by atoms with E-state index < -0.39 is 46.8 Å². The Bertz CT molecular complexity index is 2960. The van der Waals surface area contributed by atoms with Gasteiger partial charge in [-0.15, -0.1) is 11.3 Å². The van der Waals surface area contributed by atoms with Crippen LogP contribution in [0.2, 0.25) is 0 Å². The van der Waals surface area contributed by atoms with Crippen LogP contribution < -0.4 is 36.5 Å². The largest absolute Gasteiger partial charge is 0.470 e. The van der Waals surface area contributed by atoms with Gasteiger partial charge in [-0.3, -0.25) is 23.2 Å². The summed E-state index contributed by atoms with van der Waals surface area (Å²) < 4.78 is 42.7. The summed E-state index contributed by atoms with van der Waals surface area (Å²) in [7, 11) is -2.20. The summed E-state index contributed by atoms with van der Waals surface area (Å²) in [6.07, 6.45) is -1.86. The number of carbonyl (C=O) groups excluding carboxylic acids is 2. The predicted octanol–water partition coefficient (Wildman–Crippen LogP) is 3.64. The summed E-state index contributed by atoms with van der Waals surface area (Å²) in [4.78, 5) is 79.7. The van der Waals surface area contributed by atoms with Gasteiger partial charge < -0.3 is 56.0 Å². The van der Waals surface area contributed by atoms with Crippen molar-refractivity contribution in [1.82, 2.24) is 34.7 Å². The molecule has 1 aliphatic carbocycles. The minimum atomic E-state index is -5.22. The van der Waals surface area contributed by atoms with Crippen molar-refractivity contribution in [1.29, 1.82) is 0 Å². The zero-order valence-electron chi connectivity index (χ0n) is 38.4. The molecule has 0 bridgehead atoms. The van der Waals surface area contributed by atoms with Crippen LogP contribution in [-0.2, 0) is 27.7 Å². The van der Waals surface area contributed by atoms with Crippen LogP contribution in [0.25, 0.3) is 42.8 Å². The summed E-state index contributed by atoms with van der Waals surface area (Å²) in [5, 5.41) is 22.4. The van der Waals surface area contributed by atoms with Crippen molar-refractivity contribution in [3.8, 4) is 21.6 Å². The number of nitrogens with two attached hydrogens (primary N) is 1. The number of amides is 2. The van der Waals surface area contributed by atoms with E-state index in [9.17, 15) is 43.4 Å². The molecular weight excluding hydrogens is 955 g/mol. The maximum atomic E-state index is 13.8. The molecule has 4 atom stereocenters. The van der Waals surface area contributed by atoms with Crippen LogP contribution in [-0.4, -0.2) is 129 Å². The Kier molecular flexibility index (Phi) is 16.5. The molecule has 0 radical (unpaired) electrons. The number of anilines is 3. The van der Waals surface area contributed by atoms with E-state index >= 15 is 0 Å². The third-order valence-electron chi connectivity index (χ3n) is 11.5. The molecule has 0 unspecified atom stereocenters. The number of phosphoric ester groups is 2. The van der Waals surface area contributed by atoms with Gasteiger partial charge in [-0.2, -0.15) is 0 Å². The lowest BCUT2D eigenvalue weighted by atomic mass is 9.91. The lowest BCUT2D eigenvalue weighted by Gasteiger charge is -2.21. The monoisotopic (exact) mass is 1010 g/mol. The molecule has 2 amide bonds. The highest BCUT2D eigenvalue weighted by Crippen LogP contribution is 2.47. The fraction of sp³-hybridized carbons (Fsp3) is 0.409. The molecule has 22 nitrogen and oxygen atoms in total. The van der Waals surface area contributed by atoms with Gasteiger partial charge in [-0.1, -0.05) is 37.1 Å². The third-order valence-corrected chi connectivity index (χ3v) is 13.6. The van der Waals surface area contributed by atoms with Crippen LogP contribution in [0.1, 0.15) is 55.1 Å². The lowest BCUT2D eigenvalue weighted by molar-refractivity contribution is -0.121. The first-order chi connectivity index (χ1) is 32.8. The van der Waals surface area contributed by atoms with Crippen molar-refractivity contribution in [2.45, 2.75) is 63.1 Å². The molecule has 3 aliphatic rings. The maximum Gasteiger partial charge on any atom is 0.470 e. The van der Waals surface area contributed by atoms with Crippen molar-refractivity contribution >= 4 is 77.5 Å². The molecule has 0 spiro atoms. The third kappa shape index (κ3) is 12.7. The number of ether oxygens (including phenoxy) is 1. The lowest BCUT2D eigenvalue weighted by Crippen LogP contribution is -2.36. The first kappa shape index (κ1) is 51.4. The second-order valence-electron chi connectivity index (χ2n) is 16.9. The Labute approximate surface area is 401 Å². The number of fused-ring (bicyclic) bond motifs is 3. The molecule has 2 aromatic carbocycles. The van der Waals surface area contributed by atoms with E-state index in [1.165, 1.54) is 4.57 Å². The normalized spacial score (nSPS) is 17.4. The topological polar surface area (TPSA) is 309 Å². The van der Waals surface area contributed by atoms with Crippen molar-refractivity contribution in [2.75, 3.05) is 70.4 Å². The second-order valence-corrected chi connectivity index (χ2v) is 20.4. The molecule has 10 N–H and O–H groups in total. The van der Waals surface area contributed by atoms with Crippen LogP contribution >= 0.6 is 27.0 Å². The van der Waals surface area contributed by atoms with Crippen LogP contribution in [0.5, 0.6) is 0 Å². The van der Waals surface area contributed by atoms with Crippen molar-refractivity contribution < 1.29 is 57.2 Å². The van der Waals surface area contributed by atoms with E-state index in [0.717, 1.165) is 61.9 Å².